The first-order valence-electron chi connectivity index (χ1n) is 8.77. The first kappa shape index (κ1) is 18.3. The van der Waals surface area contributed by atoms with Crippen LogP contribution in [0.4, 0.5) is 0 Å². The molecule has 2 aromatic rings. The number of aromatic amines is 1. The van der Waals surface area contributed by atoms with Crippen LogP contribution in [-0.2, 0) is 11.2 Å². The van der Waals surface area contributed by atoms with Gasteiger partial charge in [-0.15, -0.1) is 0 Å². The van der Waals surface area contributed by atoms with Crippen molar-refractivity contribution in [2.45, 2.75) is 19.4 Å². The molecule has 0 aromatic carbocycles. The number of morpholine rings is 1. The second-order valence-corrected chi connectivity index (χ2v) is 6.57. The number of aromatic nitrogens is 2. The lowest BCUT2D eigenvalue weighted by Crippen LogP contribution is -2.35. The van der Waals surface area contributed by atoms with Gasteiger partial charge >= 0.3 is 0 Å². The van der Waals surface area contributed by atoms with E-state index in [1.165, 1.54) is 0 Å². The molecule has 2 N–H and O–H groups in total. The van der Waals surface area contributed by atoms with Crippen LogP contribution in [0.25, 0.3) is 0 Å². The average Bonchev–Trinajstić information content (AvgIpc) is 2.62. The Balaban J connectivity index is 1.57. The van der Waals surface area contributed by atoms with Crippen molar-refractivity contribution in [1.29, 1.82) is 0 Å². The number of hydrogen-bond acceptors (Lipinski definition) is 5. The molecule has 0 spiro atoms. The normalized spacial score (nSPS) is 17.8. The van der Waals surface area contributed by atoms with Gasteiger partial charge in [0.1, 0.15) is 11.7 Å². The van der Waals surface area contributed by atoms with Gasteiger partial charge in [-0.2, -0.15) is 0 Å². The van der Waals surface area contributed by atoms with E-state index in [0.29, 0.717) is 19.6 Å². The summed E-state index contributed by atoms with van der Waals surface area (Å²) in [6.45, 7) is 4.64. The van der Waals surface area contributed by atoms with Crippen LogP contribution >= 0.6 is 0 Å². The molecular weight excluding hydrogens is 332 g/mol. The minimum Gasteiger partial charge on any atom is -0.369 e. The first-order valence-corrected chi connectivity index (χ1v) is 8.77. The van der Waals surface area contributed by atoms with Gasteiger partial charge in [0.05, 0.1) is 12.3 Å². The van der Waals surface area contributed by atoms with Gasteiger partial charge in [-0.05, 0) is 38.2 Å². The van der Waals surface area contributed by atoms with E-state index in [1.54, 1.807) is 19.1 Å². The Kier molecular flexibility index (Phi) is 5.80. The number of pyridine rings is 2. The van der Waals surface area contributed by atoms with Crippen molar-refractivity contribution in [3.05, 3.63) is 63.3 Å². The van der Waals surface area contributed by atoms with Crippen LogP contribution in [0.1, 0.15) is 33.5 Å². The molecule has 1 aliphatic rings. The van der Waals surface area contributed by atoms with E-state index in [2.05, 4.69) is 27.2 Å². The van der Waals surface area contributed by atoms with Gasteiger partial charge in [0, 0.05) is 37.4 Å². The van der Waals surface area contributed by atoms with E-state index in [1.807, 2.05) is 18.2 Å². The van der Waals surface area contributed by atoms with Crippen molar-refractivity contribution in [2.75, 3.05) is 33.3 Å². The number of nitrogens with zero attached hydrogens (tertiary/aromatic N) is 2. The smallest absolute Gasteiger partial charge is 0.260 e. The van der Waals surface area contributed by atoms with E-state index in [4.69, 9.17) is 4.74 Å². The van der Waals surface area contributed by atoms with Crippen molar-refractivity contribution in [1.82, 2.24) is 20.2 Å². The molecule has 2 aromatic heterocycles. The molecule has 0 bridgehead atoms. The van der Waals surface area contributed by atoms with E-state index < -0.39 is 0 Å². The van der Waals surface area contributed by atoms with Gasteiger partial charge in [-0.1, -0.05) is 6.07 Å². The quantitative estimate of drug-likeness (QED) is 0.836. The van der Waals surface area contributed by atoms with E-state index in [0.717, 1.165) is 30.2 Å². The third-order valence-corrected chi connectivity index (χ3v) is 4.39. The maximum absolute atomic E-state index is 12.1. The van der Waals surface area contributed by atoms with E-state index in [9.17, 15) is 9.59 Å². The average molecular weight is 356 g/mol. The highest BCUT2D eigenvalue weighted by molar-refractivity contribution is 5.93. The molecule has 1 saturated heterocycles. The topological polar surface area (TPSA) is 87.3 Å². The van der Waals surface area contributed by atoms with Gasteiger partial charge in [-0.25, -0.2) is 0 Å². The van der Waals surface area contributed by atoms with E-state index in [-0.39, 0.29) is 23.1 Å². The van der Waals surface area contributed by atoms with E-state index >= 15 is 0 Å². The Morgan fingerprint density at radius 2 is 2.23 bits per heavy atom. The molecule has 1 aliphatic heterocycles. The molecule has 3 rings (SSSR count). The highest BCUT2D eigenvalue weighted by atomic mass is 16.5. The zero-order chi connectivity index (χ0) is 18.5. The van der Waals surface area contributed by atoms with Gasteiger partial charge in [-0.3, -0.25) is 14.6 Å². The summed E-state index contributed by atoms with van der Waals surface area (Å²) in [4.78, 5) is 33.5. The minimum atomic E-state index is -0.375. The number of aryl methyl sites for hydroxylation is 1. The fraction of sp³-hybridized carbons (Fsp3) is 0.421. The number of hydrogen-bond donors (Lipinski definition) is 2. The highest BCUT2D eigenvalue weighted by Gasteiger charge is 2.20. The molecule has 138 valence electrons. The number of ether oxygens (including phenoxy) is 1. The lowest BCUT2D eigenvalue weighted by Gasteiger charge is -2.29. The molecule has 1 amide bonds. The van der Waals surface area contributed by atoms with Gasteiger partial charge in [0.15, 0.2) is 0 Å². The van der Waals surface area contributed by atoms with Crippen molar-refractivity contribution in [2.24, 2.45) is 0 Å². The summed E-state index contributed by atoms with van der Waals surface area (Å²) in [7, 11) is 2.07. The van der Waals surface area contributed by atoms with Gasteiger partial charge in [0.25, 0.3) is 11.5 Å². The van der Waals surface area contributed by atoms with Crippen LogP contribution in [0.5, 0.6) is 0 Å². The molecule has 3 heterocycles. The van der Waals surface area contributed by atoms with Crippen molar-refractivity contribution < 1.29 is 9.53 Å². The number of carbonyl (C=O) groups is 1. The number of H-pyrrole nitrogens is 1. The molecule has 0 aliphatic carbocycles. The van der Waals surface area contributed by atoms with Crippen molar-refractivity contribution in [3.63, 3.8) is 0 Å². The Hall–Kier alpha value is -2.51. The third kappa shape index (κ3) is 4.56. The molecule has 7 heteroatoms. The minimum absolute atomic E-state index is 0.0191. The van der Waals surface area contributed by atoms with Crippen LogP contribution in [0.15, 0.2) is 35.1 Å². The number of nitrogens with one attached hydrogen (secondary N) is 2. The predicted octanol–water partition coefficient (Wildman–Crippen LogP) is 1.05. The van der Waals surface area contributed by atoms with Crippen LogP contribution in [-0.4, -0.2) is 54.1 Å². The van der Waals surface area contributed by atoms with Crippen LogP contribution in [0.3, 0.4) is 0 Å². The number of carbonyl (C=O) groups excluding carboxylic acids is 1. The monoisotopic (exact) mass is 356 g/mol. The summed E-state index contributed by atoms with van der Waals surface area (Å²) in [6, 6.07) is 9.11. The highest BCUT2D eigenvalue weighted by Crippen LogP contribution is 2.19. The summed E-state index contributed by atoms with van der Waals surface area (Å²) < 4.78 is 5.80. The molecule has 26 heavy (non-hydrogen) atoms. The number of rotatable bonds is 5. The summed E-state index contributed by atoms with van der Waals surface area (Å²) in [5.74, 6) is -0.375. The maximum atomic E-state index is 12.1. The lowest BCUT2D eigenvalue weighted by atomic mass is 10.1. The van der Waals surface area contributed by atoms with Crippen LogP contribution < -0.4 is 10.9 Å². The Labute approximate surface area is 152 Å². The molecule has 1 fully saturated rings. The number of amides is 1. The van der Waals surface area contributed by atoms with Crippen molar-refractivity contribution in [3.8, 4) is 0 Å². The largest absolute Gasteiger partial charge is 0.369 e. The molecule has 0 radical (unpaired) electrons. The maximum Gasteiger partial charge on any atom is 0.260 e. The summed E-state index contributed by atoms with van der Waals surface area (Å²) in [5, 5.41) is 2.78. The Morgan fingerprint density at radius 3 is 3.00 bits per heavy atom. The van der Waals surface area contributed by atoms with Crippen LogP contribution in [0.2, 0.25) is 0 Å². The Morgan fingerprint density at radius 1 is 1.38 bits per heavy atom. The summed E-state index contributed by atoms with van der Waals surface area (Å²) in [5.41, 5.74) is 2.27. The molecule has 7 nitrogen and oxygen atoms in total. The zero-order valence-corrected chi connectivity index (χ0v) is 15.1. The second kappa shape index (κ2) is 8.25. The van der Waals surface area contributed by atoms with Gasteiger partial charge in [0.2, 0.25) is 0 Å². The standard InChI is InChI=1S/C19H24N4O3/c1-13-6-7-15(19(25)21-13)18(24)20-9-8-14-4-3-5-16(22-14)17-12-23(2)10-11-26-17/h3-7,17H,8-12H2,1-2H3,(H,20,24)(H,21,25). The summed E-state index contributed by atoms with van der Waals surface area (Å²) in [6.07, 6.45) is 0.570. The predicted molar refractivity (Wildman–Crippen MR) is 98.3 cm³/mol. The molecule has 0 saturated carbocycles. The summed E-state index contributed by atoms with van der Waals surface area (Å²) >= 11 is 0. The number of likely N-dealkylation sites (N-methyl/N-ethyl adjacent to an activating group) is 1. The molecule has 1 atom stereocenters. The third-order valence-electron chi connectivity index (χ3n) is 4.39. The fourth-order valence-corrected chi connectivity index (χ4v) is 2.92. The molecular formula is C19H24N4O3. The fourth-order valence-electron chi connectivity index (χ4n) is 2.92. The first-order chi connectivity index (χ1) is 12.5. The lowest BCUT2D eigenvalue weighted by molar-refractivity contribution is -0.0231. The Bertz CT molecular complexity index is 834. The second-order valence-electron chi connectivity index (χ2n) is 6.57. The molecule has 1 unspecified atom stereocenters. The zero-order valence-electron chi connectivity index (χ0n) is 15.1. The SMILES string of the molecule is Cc1ccc(C(=O)NCCc2cccc(C3CN(C)CCO3)n2)c(=O)[nH]1. The van der Waals surface area contributed by atoms with Crippen LogP contribution in [0, 0.1) is 6.92 Å². The van der Waals surface area contributed by atoms with Crippen molar-refractivity contribution >= 4 is 5.91 Å². The van der Waals surface area contributed by atoms with Gasteiger partial charge < -0.3 is 19.9 Å².